The van der Waals surface area contributed by atoms with Crippen molar-refractivity contribution in [2.75, 3.05) is 0 Å². The minimum absolute atomic E-state index is 0.220. The third kappa shape index (κ3) is 2.05. The van der Waals surface area contributed by atoms with Crippen LogP contribution in [0.1, 0.15) is 32.1 Å². The van der Waals surface area contributed by atoms with Gasteiger partial charge in [0.15, 0.2) is 5.78 Å². The average Bonchev–Trinajstić information content (AvgIpc) is 2.92. The van der Waals surface area contributed by atoms with E-state index < -0.39 is 0 Å². The largest absolute Gasteiger partial charge is 0.293 e. The molecule has 2 aromatic heterocycles. The Morgan fingerprint density at radius 3 is 3.12 bits per heavy atom. The Hall–Kier alpha value is -1.42. The van der Waals surface area contributed by atoms with Crippen molar-refractivity contribution in [3.63, 3.8) is 0 Å². The van der Waals surface area contributed by atoms with Crippen LogP contribution in [0.4, 0.5) is 0 Å². The van der Waals surface area contributed by atoms with Crippen molar-refractivity contribution in [3.8, 4) is 0 Å². The molecule has 0 saturated carbocycles. The molecule has 0 spiro atoms. The predicted octanol–water partition coefficient (Wildman–Crippen LogP) is 2.40. The Bertz CT molecular complexity index is 546. The highest BCUT2D eigenvalue weighted by Crippen LogP contribution is 2.31. The lowest BCUT2D eigenvalue weighted by Crippen LogP contribution is -2.00. The summed E-state index contributed by atoms with van der Waals surface area (Å²) in [5, 5.41) is 4.08. The van der Waals surface area contributed by atoms with Crippen LogP contribution < -0.4 is 0 Å². The van der Waals surface area contributed by atoms with Crippen LogP contribution in [0.2, 0.25) is 0 Å². The maximum Gasteiger partial charge on any atom is 0.177 e. The van der Waals surface area contributed by atoms with Gasteiger partial charge >= 0.3 is 0 Å². The first-order valence-corrected chi connectivity index (χ1v) is 6.66. The third-order valence-corrected chi connectivity index (χ3v) is 4.42. The maximum atomic E-state index is 12.1. The summed E-state index contributed by atoms with van der Waals surface area (Å²) in [5.41, 5.74) is 2.38. The van der Waals surface area contributed by atoms with Gasteiger partial charge in [0.2, 0.25) is 0 Å². The Balaban J connectivity index is 1.77. The van der Waals surface area contributed by atoms with Gasteiger partial charge in [0.25, 0.3) is 0 Å². The summed E-state index contributed by atoms with van der Waals surface area (Å²) in [5.74, 6) is 0.220. The van der Waals surface area contributed by atoms with E-state index in [4.69, 9.17) is 0 Å². The van der Waals surface area contributed by atoms with Gasteiger partial charge in [-0.25, -0.2) is 0 Å². The number of ketones is 1. The van der Waals surface area contributed by atoms with Crippen LogP contribution in [0.15, 0.2) is 18.5 Å². The van der Waals surface area contributed by atoms with Gasteiger partial charge in [-0.1, -0.05) is 0 Å². The highest BCUT2D eigenvalue weighted by molar-refractivity contribution is 7.14. The third-order valence-electron chi connectivity index (χ3n) is 3.14. The molecule has 4 heteroatoms. The van der Waals surface area contributed by atoms with Crippen LogP contribution >= 0.6 is 11.3 Å². The van der Waals surface area contributed by atoms with Gasteiger partial charge in [-0.3, -0.25) is 9.48 Å². The highest BCUT2D eigenvalue weighted by atomic mass is 32.1. The van der Waals surface area contributed by atoms with Gasteiger partial charge in [0, 0.05) is 24.5 Å². The van der Waals surface area contributed by atoms with Gasteiger partial charge in [-0.05, 0) is 36.5 Å². The summed E-state index contributed by atoms with van der Waals surface area (Å²) in [6.07, 6.45) is 7.68. The summed E-state index contributed by atoms with van der Waals surface area (Å²) >= 11 is 1.68. The molecule has 0 aliphatic heterocycles. The zero-order valence-electron chi connectivity index (χ0n) is 9.77. The fraction of sp³-hybridized carbons (Fsp3) is 0.385. The molecule has 0 bridgehead atoms. The summed E-state index contributed by atoms with van der Waals surface area (Å²) in [4.78, 5) is 14.4. The lowest BCUT2D eigenvalue weighted by atomic mass is 10.1. The number of fused-ring (bicyclic) bond motifs is 1. The number of thiophene rings is 1. The lowest BCUT2D eigenvalue weighted by Gasteiger charge is -1.94. The number of carbonyl (C=O) groups is 1. The zero-order chi connectivity index (χ0) is 11.8. The normalized spacial score (nSPS) is 13.9. The second-order valence-electron chi connectivity index (χ2n) is 4.53. The first kappa shape index (κ1) is 10.7. The number of hydrogen-bond acceptors (Lipinski definition) is 3. The zero-order valence-corrected chi connectivity index (χ0v) is 10.6. The quantitative estimate of drug-likeness (QED) is 0.779. The molecule has 0 radical (unpaired) electrons. The van der Waals surface area contributed by atoms with Crippen molar-refractivity contribution < 1.29 is 4.79 Å². The van der Waals surface area contributed by atoms with Crippen molar-refractivity contribution in [1.82, 2.24) is 9.78 Å². The fourth-order valence-corrected chi connectivity index (χ4v) is 3.49. The van der Waals surface area contributed by atoms with Gasteiger partial charge in [0.05, 0.1) is 11.1 Å². The van der Waals surface area contributed by atoms with E-state index in [0.29, 0.717) is 6.42 Å². The molecule has 2 heterocycles. The van der Waals surface area contributed by atoms with Gasteiger partial charge in [-0.2, -0.15) is 5.10 Å². The van der Waals surface area contributed by atoms with E-state index in [1.807, 2.05) is 13.2 Å². The Morgan fingerprint density at radius 1 is 1.53 bits per heavy atom. The minimum Gasteiger partial charge on any atom is -0.293 e. The molecule has 0 fully saturated rings. The van der Waals surface area contributed by atoms with Gasteiger partial charge < -0.3 is 0 Å². The van der Waals surface area contributed by atoms with Gasteiger partial charge in [0.1, 0.15) is 0 Å². The molecule has 88 valence electrons. The summed E-state index contributed by atoms with van der Waals surface area (Å²) < 4.78 is 1.73. The number of aromatic nitrogens is 2. The van der Waals surface area contributed by atoms with E-state index in [0.717, 1.165) is 23.3 Å². The number of hydrogen-bond donors (Lipinski definition) is 0. The van der Waals surface area contributed by atoms with Crippen molar-refractivity contribution in [2.24, 2.45) is 7.05 Å². The molecule has 0 N–H and O–H groups in total. The van der Waals surface area contributed by atoms with Crippen LogP contribution in [0.25, 0.3) is 0 Å². The number of Topliss-reactive ketones (excluding diaryl/α,β-unsaturated/α-hetero) is 1. The SMILES string of the molecule is Cn1cc(CC(=O)c2cc3c(s2)CCC3)cn1. The van der Waals surface area contributed by atoms with E-state index in [1.165, 1.54) is 16.9 Å². The van der Waals surface area contributed by atoms with Crippen LogP contribution in [0.5, 0.6) is 0 Å². The molecular weight excluding hydrogens is 232 g/mol. The number of rotatable bonds is 3. The second-order valence-corrected chi connectivity index (χ2v) is 5.67. The Kier molecular flexibility index (Phi) is 2.59. The molecule has 0 aromatic carbocycles. The Labute approximate surface area is 104 Å². The summed E-state index contributed by atoms with van der Waals surface area (Å²) in [7, 11) is 1.87. The monoisotopic (exact) mass is 246 g/mol. The fourth-order valence-electron chi connectivity index (χ4n) is 2.30. The second kappa shape index (κ2) is 4.11. The highest BCUT2D eigenvalue weighted by Gasteiger charge is 2.18. The standard InChI is InChI=1S/C13H14N2OS/c1-15-8-9(7-14-15)5-11(16)13-6-10-3-2-4-12(10)17-13/h6-8H,2-5H2,1H3. The van der Waals surface area contributed by atoms with E-state index in [9.17, 15) is 4.79 Å². The number of carbonyl (C=O) groups excluding carboxylic acids is 1. The van der Waals surface area contributed by atoms with Crippen LogP contribution in [0, 0.1) is 0 Å². The summed E-state index contributed by atoms with van der Waals surface area (Å²) in [6.45, 7) is 0. The first-order chi connectivity index (χ1) is 8.22. The molecular formula is C13H14N2OS. The molecule has 1 aliphatic carbocycles. The molecule has 0 saturated heterocycles. The van der Waals surface area contributed by atoms with Crippen molar-refractivity contribution in [2.45, 2.75) is 25.7 Å². The minimum atomic E-state index is 0.220. The van der Waals surface area contributed by atoms with E-state index in [1.54, 1.807) is 22.2 Å². The van der Waals surface area contributed by atoms with E-state index in [-0.39, 0.29) is 5.78 Å². The van der Waals surface area contributed by atoms with Crippen LogP contribution in [0.3, 0.4) is 0 Å². The molecule has 0 unspecified atom stereocenters. The molecule has 1 aliphatic rings. The lowest BCUT2D eigenvalue weighted by molar-refractivity contribution is 0.0997. The van der Waals surface area contributed by atoms with Gasteiger partial charge in [-0.15, -0.1) is 11.3 Å². The maximum absolute atomic E-state index is 12.1. The van der Waals surface area contributed by atoms with Crippen molar-refractivity contribution in [1.29, 1.82) is 0 Å². The average molecular weight is 246 g/mol. The Morgan fingerprint density at radius 2 is 2.41 bits per heavy atom. The summed E-state index contributed by atoms with van der Waals surface area (Å²) in [6, 6.07) is 2.09. The predicted molar refractivity (Wildman–Crippen MR) is 67.6 cm³/mol. The van der Waals surface area contributed by atoms with E-state index >= 15 is 0 Å². The number of nitrogens with zero attached hydrogens (tertiary/aromatic N) is 2. The topological polar surface area (TPSA) is 34.9 Å². The number of aryl methyl sites for hydroxylation is 3. The first-order valence-electron chi connectivity index (χ1n) is 5.84. The van der Waals surface area contributed by atoms with Crippen molar-refractivity contribution in [3.05, 3.63) is 39.3 Å². The van der Waals surface area contributed by atoms with E-state index in [2.05, 4.69) is 11.2 Å². The van der Waals surface area contributed by atoms with Crippen LogP contribution in [-0.2, 0) is 26.3 Å². The molecule has 0 atom stereocenters. The molecule has 2 aromatic rings. The van der Waals surface area contributed by atoms with Crippen molar-refractivity contribution >= 4 is 17.1 Å². The molecule has 3 rings (SSSR count). The smallest absolute Gasteiger partial charge is 0.177 e. The molecule has 0 amide bonds. The molecule has 3 nitrogen and oxygen atoms in total. The van der Waals surface area contributed by atoms with Crippen LogP contribution in [-0.4, -0.2) is 15.6 Å². The molecule has 17 heavy (non-hydrogen) atoms.